The molecule has 0 fully saturated rings. The van der Waals surface area contributed by atoms with Crippen LogP contribution in [0.2, 0.25) is 0 Å². The van der Waals surface area contributed by atoms with Crippen LogP contribution in [-0.2, 0) is 6.18 Å². The summed E-state index contributed by atoms with van der Waals surface area (Å²) >= 11 is 7.96. The maximum atomic E-state index is 12.5. The van der Waals surface area contributed by atoms with Crippen LogP contribution in [-0.4, -0.2) is 20.2 Å². The van der Waals surface area contributed by atoms with Crippen LogP contribution in [0, 0.1) is 4.77 Å². The molecule has 2 aromatic rings. The van der Waals surface area contributed by atoms with E-state index in [1.165, 1.54) is 10.7 Å². The predicted octanol–water partition coefficient (Wildman–Crippen LogP) is 3.11. The molecule has 4 nitrogen and oxygen atoms in total. The maximum absolute atomic E-state index is 12.5. The fourth-order valence-corrected chi connectivity index (χ4v) is 1.82. The Bertz CT molecular complexity index is 603. The molecule has 0 aliphatic rings. The molecule has 0 saturated carbocycles. The van der Waals surface area contributed by atoms with Crippen molar-refractivity contribution in [2.75, 3.05) is 0 Å². The molecule has 0 atom stereocenters. The number of hydrogen-bond donors (Lipinski definition) is 1. The predicted molar refractivity (Wildman–Crippen MR) is 59.2 cm³/mol. The second kappa shape index (κ2) is 4.22. The maximum Gasteiger partial charge on any atom is 0.416 e. The number of nitrogens with one attached hydrogen (secondary N) is 1. The monoisotopic (exact) mass is 324 g/mol. The minimum atomic E-state index is -4.41. The van der Waals surface area contributed by atoms with Crippen molar-refractivity contribution >= 4 is 28.1 Å². The van der Waals surface area contributed by atoms with Gasteiger partial charge >= 0.3 is 6.18 Å². The van der Waals surface area contributed by atoms with E-state index in [1.807, 2.05) is 0 Å². The Kier molecular flexibility index (Phi) is 3.04. The van der Waals surface area contributed by atoms with Crippen molar-refractivity contribution in [1.29, 1.82) is 0 Å². The lowest BCUT2D eigenvalue weighted by Crippen LogP contribution is -2.07. The highest BCUT2D eigenvalue weighted by Gasteiger charge is 2.31. The highest BCUT2D eigenvalue weighted by Crippen LogP contribution is 2.32. The lowest BCUT2D eigenvalue weighted by Gasteiger charge is -2.10. The lowest BCUT2D eigenvalue weighted by atomic mass is 10.2. The topological polar surface area (TPSA) is 46.5 Å². The van der Waals surface area contributed by atoms with Gasteiger partial charge in [0.25, 0.3) is 0 Å². The Hall–Kier alpha value is -1.22. The third-order valence-corrected chi connectivity index (χ3v) is 2.92. The van der Waals surface area contributed by atoms with Crippen LogP contribution in [0.3, 0.4) is 0 Å². The van der Waals surface area contributed by atoms with E-state index in [2.05, 4.69) is 31.5 Å². The third kappa shape index (κ3) is 2.39. The number of aromatic nitrogens is 4. The van der Waals surface area contributed by atoms with Gasteiger partial charge < -0.3 is 0 Å². The first kappa shape index (κ1) is 12.2. The van der Waals surface area contributed by atoms with Gasteiger partial charge in [-0.1, -0.05) is 10.3 Å². The molecule has 0 radical (unpaired) electrons. The third-order valence-electron chi connectivity index (χ3n) is 1.99. The zero-order chi connectivity index (χ0) is 12.6. The zero-order valence-corrected chi connectivity index (χ0v) is 10.4. The zero-order valence-electron chi connectivity index (χ0n) is 7.99. The Balaban J connectivity index is 2.63. The SMILES string of the molecule is FC(F)(F)c1ccc(Br)c(-n2[nH]nnc2=S)c1. The first-order valence-corrected chi connectivity index (χ1v) is 5.47. The normalized spacial score (nSPS) is 11.8. The Morgan fingerprint density at radius 2 is 2.06 bits per heavy atom. The molecule has 0 amide bonds. The second-order valence-electron chi connectivity index (χ2n) is 3.08. The van der Waals surface area contributed by atoms with Crippen LogP contribution in [0.4, 0.5) is 13.2 Å². The van der Waals surface area contributed by atoms with Gasteiger partial charge in [0, 0.05) is 4.47 Å². The van der Waals surface area contributed by atoms with Crippen LogP contribution in [0.25, 0.3) is 5.69 Å². The van der Waals surface area contributed by atoms with Gasteiger partial charge in [-0.25, -0.2) is 4.68 Å². The van der Waals surface area contributed by atoms with E-state index in [1.54, 1.807) is 0 Å². The van der Waals surface area contributed by atoms with Crippen molar-refractivity contribution < 1.29 is 13.2 Å². The fraction of sp³-hybridized carbons (Fsp3) is 0.125. The second-order valence-corrected chi connectivity index (χ2v) is 4.30. The lowest BCUT2D eigenvalue weighted by molar-refractivity contribution is -0.137. The number of nitrogens with zero attached hydrogens (tertiary/aromatic N) is 3. The van der Waals surface area contributed by atoms with Gasteiger partial charge in [0.2, 0.25) is 4.77 Å². The molecule has 0 bridgehead atoms. The van der Waals surface area contributed by atoms with E-state index in [0.717, 1.165) is 12.1 Å². The van der Waals surface area contributed by atoms with E-state index in [0.29, 0.717) is 4.47 Å². The van der Waals surface area contributed by atoms with Crippen LogP contribution in [0.5, 0.6) is 0 Å². The van der Waals surface area contributed by atoms with Crippen molar-refractivity contribution in [1.82, 2.24) is 20.2 Å². The quantitative estimate of drug-likeness (QED) is 0.820. The molecule has 1 aromatic carbocycles. The number of H-pyrrole nitrogens is 1. The molecule has 2 rings (SSSR count). The summed E-state index contributed by atoms with van der Waals surface area (Å²) < 4.78 is 39.3. The van der Waals surface area contributed by atoms with Gasteiger partial charge in [0.15, 0.2) is 0 Å². The molecule has 0 spiro atoms. The summed E-state index contributed by atoms with van der Waals surface area (Å²) in [5.74, 6) is 0. The van der Waals surface area contributed by atoms with Gasteiger partial charge in [-0.3, -0.25) is 0 Å². The van der Waals surface area contributed by atoms with Crippen LogP contribution in [0.15, 0.2) is 22.7 Å². The number of hydrogen-bond acceptors (Lipinski definition) is 3. The van der Waals surface area contributed by atoms with E-state index in [4.69, 9.17) is 12.2 Å². The molecule has 9 heteroatoms. The fourth-order valence-electron chi connectivity index (χ4n) is 1.21. The summed E-state index contributed by atoms with van der Waals surface area (Å²) in [6, 6.07) is 3.22. The molecule has 1 N–H and O–H groups in total. The molecule has 1 heterocycles. The summed E-state index contributed by atoms with van der Waals surface area (Å²) in [4.78, 5) is 0. The minimum Gasteiger partial charge on any atom is -0.208 e. The first-order chi connectivity index (χ1) is 7.89. The van der Waals surface area contributed by atoms with Crippen molar-refractivity contribution in [2.45, 2.75) is 6.18 Å². The number of alkyl halides is 3. The first-order valence-electron chi connectivity index (χ1n) is 4.27. The van der Waals surface area contributed by atoms with Crippen molar-refractivity contribution in [3.05, 3.63) is 33.0 Å². The van der Waals surface area contributed by atoms with E-state index >= 15 is 0 Å². The summed E-state index contributed by atoms with van der Waals surface area (Å²) in [7, 11) is 0. The Morgan fingerprint density at radius 3 is 2.59 bits per heavy atom. The molecule has 17 heavy (non-hydrogen) atoms. The minimum absolute atomic E-state index is 0.0463. The number of tetrazole rings is 1. The van der Waals surface area contributed by atoms with Crippen molar-refractivity contribution in [3.8, 4) is 5.69 Å². The molecular formula is C8H4BrF3N4S. The number of aromatic amines is 1. The summed E-state index contributed by atoms with van der Waals surface area (Å²) in [6.45, 7) is 0. The molecule has 0 saturated heterocycles. The molecule has 0 aliphatic carbocycles. The van der Waals surface area contributed by atoms with Gasteiger partial charge in [-0.2, -0.15) is 18.4 Å². The van der Waals surface area contributed by atoms with E-state index in [9.17, 15) is 13.2 Å². The number of benzene rings is 1. The average Bonchev–Trinajstić information content (AvgIpc) is 2.63. The Morgan fingerprint density at radius 1 is 1.35 bits per heavy atom. The van der Waals surface area contributed by atoms with Gasteiger partial charge in [0.05, 0.1) is 11.3 Å². The summed E-state index contributed by atoms with van der Waals surface area (Å²) in [6.07, 6.45) is -4.41. The van der Waals surface area contributed by atoms with Gasteiger partial charge in [0.1, 0.15) is 0 Å². The van der Waals surface area contributed by atoms with Gasteiger partial charge in [-0.15, -0.1) is 0 Å². The summed E-state index contributed by atoms with van der Waals surface area (Å²) in [5.41, 5.74) is -0.568. The standard InChI is InChI=1S/C8H4BrF3N4S/c9-5-2-1-4(8(10,11)12)3-6(5)16-7(17)13-14-15-16/h1-3H,(H,13,15,17). The number of halogens is 4. The molecule has 0 aliphatic heterocycles. The molecule has 90 valence electrons. The molecular weight excluding hydrogens is 321 g/mol. The smallest absolute Gasteiger partial charge is 0.208 e. The van der Waals surface area contributed by atoms with Crippen LogP contribution in [0.1, 0.15) is 5.56 Å². The molecule has 1 aromatic heterocycles. The molecule has 0 unspecified atom stereocenters. The average molecular weight is 325 g/mol. The Labute approximate surface area is 107 Å². The highest BCUT2D eigenvalue weighted by molar-refractivity contribution is 9.10. The largest absolute Gasteiger partial charge is 0.416 e. The number of rotatable bonds is 1. The highest BCUT2D eigenvalue weighted by atomic mass is 79.9. The van der Waals surface area contributed by atoms with Crippen LogP contribution < -0.4 is 0 Å². The van der Waals surface area contributed by atoms with Crippen LogP contribution >= 0.6 is 28.1 Å². The summed E-state index contributed by atoms with van der Waals surface area (Å²) in [5, 5.41) is 9.30. The van der Waals surface area contributed by atoms with Crippen molar-refractivity contribution in [2.24, 2.45) is 0 Å². The van der Waals surface area contributed by atoms with E-state index < -0.39 is 11.7 Å². The van der Waals surface area contributed by atoms with Gasteiger partial charge in [-0.05, 0) is 46.3 Å². The van der Waals surface area contributed by atoms with Crippen molar-refractivity contribution in [3.63, 3.8) is 0 Å². The van der Waals surface area contributed by atoms with E-state index in [-0.39, 0.29) is 10.5 Å².